The summed E-state index contributed by atoms with van der Waals surface area (Å²) in [5.74, 6) is 0.857. The fourth-order valence-corrected chi connectivity index (χ4v) is 6.23. The van der Waals surface area contributed by atoms with Crippen LogP contribution in [0.3, 0.4) is 0 Å². The Balaban J connectivity index is 1.20. The normalized spacial score (nSPS) is 17.8. The van der Waals surface area contributed by atoms with Crippen molar-refractivity contribution in [3.8, 4) is 22.8 Å². The molecule has 4 aromatic rings. The molecule has 8 nitrogen and oxygen atoms in total. The fraction of sp³-hybridized carbons (Fsp3) is 0.324. The van der Waals surface area contributed by atoms with Gasteiger partial charge in [-0.25, -0.2) is 0 Å². The summed E-state index contributed by atoms with van der Waals surface area (Å²) < 4.78 is 6.42. The number of anilines is 1. The summed E-state index contributed by atoms with van der Waals surface area (Å²) in [5.41, 5.74) is 2.40. The van der Waals surface area contributed by atoms with Gasteiger partial charge >= 0.3 is 0 Å². The first-order chi connectivity index (χ1) is 20.6. The van der Waals surface area contributed by atoms with Crippen LogP contribution in [0.25, 0.3) is 11.3 Å². The summed E-state index contributed by atoms with van der Waals surface area (Å²) in [7, 11) is 0. The third-order valence-corrected chi connectivity index (χ3v) is 8.76. The zero-order chi connectivity index (χ0) is 28.8. The van der Waals surface area contributed by atoms with Crippen molar-refractivity contribution in [1.29, 1.82) is 0 Å². The number of phenolic OH excluding ortho intramolecular Hbond substituents is 1. The summed E-state index contributed by atoms with van der Waals surface area (Å²) >= 11 is 0. The van der Waals surface area contributed by atoms with Crippen LogP contribution in [0.1, 0.15) is 31.2 Å². The first kappa shape index (κ1) is 27.7. The number of piperidine rings is 2. The summed E-state index contributed by atoms with van der Waals surface area (Å²) in [4.78, 5) is 16.2. The van der Waals surface area contributed by atoms with Crippen LogP contribution in [0.15, 0.2) is 97.2 Å². The van der Waals surface area contributed by atoms with E-state index in [4.69, 9.17) is 4.74 Å². The summed E-state index contributed by atoms with van der Waals surface area (Å²) in [6.45, 7) is 3.61. The Labute approximate surface area is 246 Å². The molecule has 1 aromatic heterocycles. The minimum Gasteiger partial charge on any atom is -0.507 e. The average molecular weight is 564 g/mol. The van der Waals surface area contributed by atoms with Gasteiger partial charge in [-0.1, -0.05) is 60.7 Å². The van der Waals surface area contributed by atoms with Crippen LogP contribution in [0.4, 0.5) is 5.69 Å². The molecule has 0 unspecified atom stereocenters. The maximum atomic E-state index is 13.9. The first-order valence-corrected chi connectivity index (χ1v) is 14.7. The monoisotopic (exact) mass is 563 g/mol. The number of para-hydroxylation sites is 2. The van der Waals surface area contributed by atoms with Gasteiger partial charge in [0.1, 0.15) is 11.5 Å². The predicted molar refractivity (Wildman–Crippen MR) is 164 cm³/mol. The molecule has 42 heavy (non-hydrogen) atoms. The van der Waals surface area contributed by atoms with Crippen molar-refractivity contribution in [2.75, 3.05) is 37.6 Å². The lowest BCUT2D eigenvalue weighted by atomic mass is 9.72. The van der Waals surface area contributed by atoms with E-state index in [1.807, 2.05) is 54.6 Å². The minimum absolute atomic E-state index is 0.0452. The van der Waals surface area contributed by atoms with Gasteiger partial charge in [-0.05, 0) is 61.8 Å². The lowest BCUT2D eigenvalue weighted by Crippen LogP contribution is -2.59. The van der Waals surface area contributed by atoms with Crippen molar-refractivity contribution in [2.45, 2.75) is 36.7 Å². The SMILES string of the molecule is O=C(NCC1(c2ccccc2)CCN(c2cnnc(-c3ccccc3O)c2)CC1)C1(Oc2ccccc2)CCNCC1. The molecule has 8 heteroatoms. The average Bonchev–Trinajstić information content (AvgIpc) is 3.05. The lowest BCUT2D eigenvalue weighted by Gasteiger charge is -2.44. The molecular formula is C34H37N5O3. The van der Waals surface area contributed by atoms with Gasteiger partial charge in [0.15, 0.2) is 5.60 Å². The van der Waals surface area contributed by atoms with Crippen LogP contribution in [0, 0.1) is 0 Å². The number of phenols is 1. The molecule has 216 valence electrons. The van der Waals surface area contributed by atoms with Gasteiger partial charge in [0.05, 0.1) is 17.6 Å². The number of nitrogens with zero attached hydrogens (tertiary/aromatic N) is 3. The lowest BCUT2D eigenvalue weighted by molar-refractivity contribution is -0.139. The summed E-state index contributed by atoms with van der Waals surface area (Å²) in [5, 5.41) is 25.6. The molecule has 6 rings (SSSR count). The first-order valence-electron chi connectivity index (χ1n) is 14.7. The number of benzene rings is 3. The Bertz CT molecular complexity index is 1480. The maximum Gasteiger partial charge on any atom is 0.264 e. The second kappa shape index (κ2) is 12.2. The molecule has 0 radical (unpaired) electrons. The van der Waals surface area contributed by atoms with Gasteiger partial charge in [-0.3, -0.25) is 4.79 Å². The number of nitrogens with one attached hydrogen (secondary N) is 2. The Morgan fingerprint density at radius 1 is 0.905 bits per heavy atom. The van der Waals surface area contributed by atoms with Crippen molar-refractivity contribution >= 4 is 11.6 Å². The topological polar surface area (TPSA) is 99.6 Å². The van der Waals surface area contributed by atoms with Crippen LogP contribution in [0.5, 0.6) is 11.5 Å². The van der Waals surface area contributed by atoms with Crippen LogP contribution >= 0.6 is 0 Å². The van der Waals surface area contributed by atoms with E-state index in [1.54, 1.807) is 18.3 Å². The molecule has 0 saturated carbocycles. The molecule has 2 fully saturated rings. The van der Waals surface area contributed by atoms with E-state index in [0.29, 0.717) is 30.6 Å². The zero-order valence-electron chi connectivity index (χ0n) is 23.7. The van der Waals surface area contributed by atoms with Crippen LogP contribution in [-0.2, 0) is 10.2 Å². The highest BCUT2D eigenvalue weighted by atomic mass is 16.5. The van der Waals surface area contributed by atoms with Crippen LogP contribution < -0.4 is 20.3 Å². The molecule has 2 aliphatic heterocycles. The van der Waals surface area contributed by atoms with Crippen LogP contribution in [0.2, 0.25) is 0 Å². The van der Waals surface area contributed by atoms with Crippen molar-refractivity contribution in [3.05, 3.63) is 103 Å². The third kappa shape index (κ3) is 5.81. The second-order valence-electron chi connectivity index (χ2n) is 11.3. The highest BCUT2D eigenvalue weighted by molar-refractivity contribution is 5.86. The largest absolute Gasteiger partial charge is 0.507 e. The van der Waals surface area contributed by atoms with E-state index in [1.165, 1.54) is 5.56 Å². The molecule has 1 amide bonds. The molecule has 3 aromatic carbocycles. The molecule has 3 heterocycles. The van der Waals surface area contributed by atoms with Crippen LogP contribution in [-0.4, -0.2) is 59.5 Å². The number of carbonyl (C=O) groups is 1. The number of aromatic nitrogens is 2. The molecule has 0 bridgehead atoms. The summed E-state index contributed by atoms with van der Waals surface area (Å²) in [6.07, 6.45) is 4.74. The maximum absolute atomic E-state index is 13.9. The number of amides is 1. The molecule has 3 N–H and O–H groups in total. The molecule has 2 aliphatic rings. The highest BCUT2D eigenvalue weighted by Crippen LogP contribution is 2.38. The van der Waals surface area contributed by atoms with Gasteiger partial charge in [0, 0.05) is 43.5 Å². The number of hydrogen-bond acceptors (Lipinski definition) is 7. The van der Waals surface area contributed by atoms with Gasteiger partial charge in [0.25, 0.3) is 5.91 Å². The highest BCUT2D eigenvalue weighted by Gasteiger charge is 2.44. The van der Waals surface area contributed by atoms with Crippen molar-refractivity contribution < 1.29 is 14.6 Å². The Hall–Kier alpha value is -4.43. The van der Waals surface area contributed by atoms with Gasteiger partial charge < -0.3 is 25.4 Å². The predicted octanol–water partition coefficient (Wildman–Crippen LogP) is 4.70. The second-order valence-corrected chi connectivity index (χ2v) is 11.3. The fourth-order valence-electron chi connectivity index (χ4n) is 6.23. The standard InChI is InChI=1S/C34H37N5O3/c40-31-14-8-7-13-29(31)30-23-27(24-37-38-30)39-21-17-33(18-22-39,26-9-3-1-4-10-26)25-36-32(41)34(15-19-35-20-16-34)42-28-11-5-2-6-12-28/h1-14,23-24,35,40H,15-22,25H2,(H,36,41). The van der Waals surface area contributed by atoms with E-state index >= 15 is 0 Å². The van der Waals surface area contributed by atoms with Gasteiger partial charge in [-0.2, -0.15) is 10.2 Å². The van der Waals surface area contributed by atoms with Gasteiger partial charge in [0.2, 0.25) is 0 Å². The number of rotatable bonds is 8. The van der Waals surface area contributed by atoms with E-state index in [-0.39, 0.29) is 17.1 Å². The molecule has 0 atom stereocenters. The zero-order valence-corrected chi connectivity index (χ0v) is 23.7. The Kier molecular flexibility index (Phi) is 8.06. The van der Waals surface area contributed by atoms with Gasteiger partial charge in [-0.15, -0.1) is 0 Å². The molecule has 0 aliphatic carbocycles. The smallest absolute Gasteiger partial charge is 0.264 e. The van der Waals surface area contributed by atoms with Crippen molar-refractivity contribution in [2.24, 2.45) is 0 Å². The third-order valence-electron chi connectivity index (χ3n) is 8.76. The molecule has 0 spiro atoms. The van der Waals surface area contributed by atoms with Crippen molar-refractivity contribution in [3.63, 3.8) is 0 Å². The molecular weight excluding hydrogens is 526 g/mol. The summed E-state index contributed by atoms with van der Waals surface area (Å²) in [6, 6.07) is 29.3. The molecule has 2 saturated heterocycles. The van der Waals surface area contributed by atoms with E-state index in [9.17, 15) is 9.90 Å². The Morgan fingerprint density at radius 3 is 2.29 bits per heavy atom. The minimum atomic E-state index is -0.896. The van der Waals surface area contributed by atoms with E-state index in [0.717, 1.165) is 50.5 Å². The Morgan fingerprint density at radius 2 is 1.57 bits per heavy atom. The number of aromatic hydroxyl groups is 1. The van der Waals surface area contributed by atoms with E-state index < -0.39 is 5.60 Å². The van der Waals surface area contributed by atoms with E-state index in [2.05, 4.69) is 50.0 Å². The quantitative estimate of drug-likeness (QED) is 0.286. The number of hydrogen-bond donors (Lipinski definition) is 3. The number of carbonyl (C=O) groups excluding carboxylic acids is 1. The number of ether oxygens (including phenoxy) is 1. The van der Waals surface area contributed by atoms with Crippen molar-refractivity contribution in [1.82, 2.24) is 20.8 Å².